The maximum absolute atomic E-state index is 10.9. The third-order valence-electron chi connectivity index (χ3n) is 1.28. The number of carbonyl (C=O) groups is 2. The lowest BCUT2D eigenvalue weighted by atomic mass is 10.2. The van der Waals surface area contributed by atoms with E-state index in [0.717, 1.165) is 0 Å². The van der Waals surface area contributed by atoms with Crippen LogP contribution in [-0.4, -0.2) is 29.1 Å². The molecule has 6 nitrogen and oxygen atoms in total. The Bertz CT molecular complexity index is 181. The minimum Gasteiger partial charge on any atom is -0.343 e. The summed E-state index contributed by atoms with van der Waals surface area (Å²) >= 11 is 0. The van der Waals surface area contributed by atoms with Crippen molar-refractivity contribution in [3.63, 3.8) is 0 Å². The molecule has 0 unspecified atom stereocenters. The van der Waals surface area contributed by atoms with Gasteiger partial charge in [-0.05, 0) is 13.8 Å². The van der Waals surface area contributed by atoms with Gasteiger partial charge in [0.25, 0.3) is 5.91 Å². The molecular formula is C6H13N3O3. The molecule has 0 aliphatic rings. The average molecular weight is 175 g/mol. The van der Waals surface area contributed by atoms with Crippen LogP contribution in [0, 0.1) is 0 Å². The van der Waals surface area contributed by atoms with Crippen molar-refractivity contribution in [3.05, 3.63) is 0 Å². The molecule has 0 aromatic carbocycles. The second-order valence-electron chi connectivity index (χ2n) is 2.50. The van der Waals surface area contributed by atoms with E-state index in [1.807, 2.05) is 0 Å². The van der Waals surface area contributed by atoms with Crippen LogP contribution < -0.4 is 16.5 Å². The van der Waals surface area contributed by atoms with Gasteiger partial charge in [-0.25, -0.2) is 5.48 Å². The zero-order valence-electron chi connectivity index (χ0n) is 7.00. The number of hydrogen-bond donors (Lipinski definition) is 4. The van der Waals surface area contributed by atoms with Crippen molar-refractivity contribution in [2.45, 2.75) is 25.9 Å². The van der Waals surface area contributed by atoms with Gasteiger partial charge in [0.05, 0.1) is 6.04 Å². The minimum absolute atomic E-state index is 0.439. The molecule has 0 rings (SSSR count). The number of carbonyl (C=O) groups excluding carboxylic acids is 2. The summed E-state index contributed by atoms with van der Waals surface area (Å²) in [6.07, 6.45) is 0. The van der Waals surface area contributed by atoms with Gasteiger partial charge >= 0.3 is 0 Å². The summed E-state index contributed by atoms with van der Waals surface area (Å²) in [5.41, 5.74) is 6.63. The van der Waals surface area contributed by atoms with Crippen LogP contribution in [0.2, 0.25) is 0 Å². The first-order valence-corrected chi connectivity index (χ1v) is 3.49. The first-order chi connectivity index (χ1) is 5.49. The van der Waals surface area contributed by atoms with E-state index in [2.05, 4.69) is 5.32 Å². The number of nitrogens with two attached hydrogens (primary N) is 1. The Kier molecular flexibility index (Phi) is 4.24. The van der Waals surface area contributed by atoms with Gasteiger partial charge in [0.1, 0.15) is 6.04 Å². The summed E-state index contributed by atoms with van der Waals surface area (Å²) in [7, 11) is 0. The fourth-order valence-electron chi connectivity index (χ4n) is 0.507. The van der Waals surface area contributed by atoms with Gasteiger partial charge in [-0.15, -0.1) is 0 Å². The van der Waals surface area contributed by atoms with Crippen LogP contribution in [0.25, 0.3) is 0 Å². The molecule has 0 aromatic heterocycles. The van der Waals surface area contributed by atoms with Crippen molar-refractivity contribution in [1.82, 2.24) is 10.8 Å². The van der Waals surface area contributed by atoms with Crippen molar-refractivity contribution in [2.24, 2.45) is 5.73 Å². The van der Waals surface area contributed by atoms with Gasteiger partial charge in [-0.2, -0.15) is 0 Å². The van der Waals surface area contributed by atoms with E-state index < -0.39 is 23.9 Å². The largest absolute Gasteiger partial charge is 0.343 e. The third kappa shape index (κ3) is 3.31. The third-order valence-corrected chi connectivity index (χ3v) is 1.28. The number of nitrogens with one attached hydrogen (secondary N) is 2. The predicted octanol–water partition coefficient (Wildman–Crippen LogP) is -1.66. The highest BCUT2D eigenvalue weighted by Gasteiger charge is 2.16. The molecule has 0 heterocycles. The Morgan fingerprint density at radius 1 is 1.33 bits per heavy atom. The fourth-order valence-corrected chi connectivity index (χ4v) is 0.507. The summed E-state index contributed by atoms with van der Waals surface area (Å²) in [6, 6.07) is -1.45. The SMILES string of the molecule is C[C@@H](N)C(=O)N[C@H](C)C(=O)NO. The van der Waals surface area contributed by atoms with E-state index in [4.69, 9.17) is 10.9 Å². The van der Waals surface area contributed by atoms with Crippen LogP contribution in [0.3, 0.4) is 0 Å². The van der Waals surface area contributed by atoms with Crippen LogP contribution in [-0.2, 0) is 9.59 Å². The molecule has 0 bridgehead atoms. The Morgan fingerprint density at radius 2 is 1.83 bits per heavy atom. The zero-order valence-corrected chi connectivity index (χ0v) is 7.00. The zero-order chi connectivity index (χ0) is 9.72. The highest BCUT2D eigenvalue weighted by atomic mass is 16.5. The summed E-state index contributed by atoms with van der Waals surface area (Å²) in [4.78, 5) is 21.5. The minimum atomic E-state index is -0.784. The molecule has 70 valence electrons. The number of rotatable bonds is 3. The van der Waals surface area contributed by atoms with Crippen LogP contribution in [0.5, 0.6) is 0 Å². The molecule has 0 saturated heterocycles. The highest BCUT2D eigenvalue weighted by molar-refractivity contribution is 5.88. The maximum Gasteiger partial charge on any atom is 0.265 e. The topological polar surface area (TPSA) is 104 Å². The Hall–Kier alpha value is -1.14. The van der Waals surface area contributed by atoms with Crippen molar-refractivity contribution in [2.75, 3.05) is 0 Å². The molecule has 0 saturated carbocycles. The van der Waals surface area contributed by atoms with Crippen LogP contribution in [0.15, 0.2) is 0 Å². The number of amides is 2. The van der Waals surface area contributed by atoms with Gasteiger partial charge < -0.3 is 11.1 Å². The smallest absolute Gasteiger partial charge is 0.265 e. The van der Waals surface area contributed by atoms with Gasteiger partial charge in [0.2, 0.25) is 5.91 Å². The molecule has 6 heteroatoms. The molecule has 12 heavy (non-hydrogen) atoms. The monoisotopic (exact) mass is 175 g/mol. The molecule has 0 aromatic rings. The summed E-state index contributed by atoms with van der Waals surface area (Å²) in [6.45, 7) is 2.94. The van der Waals surface area contributed by atoms with Gasteiger partial charge in [-0.3, -0.25) is 14.8 Å². The lowest BCUT2D eigenvalue weighted by Crippen LogP contribution is -2.48. The quantitative estimate of drug-likeness (QED) is 0.304. The summed E-state index contributed by atoms with van der Waals surface area (Å²) in [5.74, 6) is -1.12. The van der Waals surface area contributed by atoms with Crippen LogP contribution in [0.4, 0.5) is 0 Å². The summed E-state index contributed by atoms with van der Waals surface area (Å²) < 4.78 is 0. The fraction of sp³-hybridized carbons (Fsp3) is 0.667. The second kappa shape index (κ2) is 4.68. The molecular weight excluding hydrogens is 162 g/mol. The molecule has 0 aliphatic carbocycles. The predicted molar refractivity (Wildman–Crippen MR) is 41.2 cm³/mol. The Morgan fingerprint density at radius 3 is 2.17 bits per heavy atom. The van der Waals surface area contributed by atoms with E-state index in [9.17, 15) is 9.59 Å². The molecule has 0 spiro atoms. The molecule has 5 N–H and O–H groups in total. The molecule has 0 fully saturated rings. The van der Waals surface area contributed by atoms with E-state index >= 15 is 0 Å². The lowest BCUT2D eigenvalue weighted by molar-refractivity contribution is -0.134. The standard InChI is InChI=1S/C6H13N3O3/c1-3(7)5(10)8-4(2)6(11)9-12/h3-4,12H,7H2,1-2H3,(H,8,10)(H,9,11)/t3-,4-/m1/s1. The molecule has 2 atom stereocenters. The highest BCUT2D eigenvalue weighted by Crippen LogP contribution is 1.83. The van der Waals surface area contributed by atoms with Crippen molar-refractivity contribution >= 4 is 11.8 Å². The normalized spacial score (nSPS) is 14.7. The first kappa shape index (κ1) is 10.9. The maximum atomic E-state index is 10.9. The Balaban J connectivity index is 3.92. The first-order valence-electron chi connectivity index (χ1n) is 3.49. The number of hydrogen-bond acceptors (Lipinski definition) is 4. The van der Waals surface area contributed by atoms with Crippen LogP contribution in [0.1, 0.15) is 13.8 Å². The summed E-state index contributed by atoms with van der Waals surface area (Å²) in [5, 5.41) is 10.5. The molecule has 2 amide bonds. The van der Waals surface area contributed by atoms with E-state index in [0.29, 0.717) is 0 Å². The Labute approximate surface area is 70.1 Å². The van der Waals surface area contributed by atoms with Gasteiger partial charge in [-0.1, -0.05) is 0 Å². The van der Waals surface area contributed by atoms with E-state index in [1.54, 1.807) is 0 Å². The molecule has 0 radical (unpaired) electrons. The van der Waals surface area contributed by atoms with Gasteiger partial charge in [0.15, 0.2) is 0 Å². The van der Waals surface area contributed by atoms with Crippen molar-refractivity contribution in [3.8, 4) is 0 Å². The van der Waals surface area contributed by atoms with Gasteiger partial charge in [0, 0.05) is 0 Å². The molecule has 0 aliphatic heterocycles. The average Bonchev–Trinajstić information content (AvgIpc) is 2.02. The lowest BCUT2D eigenvalue weighted by Gasteiger charge is -2.12. The van der Waals surface area contributed by atoms with Crippen molar-refractivity contribution < 1.29 is 14.8 Å². The van der Waals surface area contributed by atoms with Crippen molar-refractivity contribution in [1.29, 1.82) is 0 Å². The van der Waals surface area contributed by atoms with E-state index in [-0.39, 0.29) is 0 Å². The number of hydroxylamine groups is 1. The van der Waals surface area contributed by atoms with E-state index in [1.165, 1.54) is 19.3 Å². The second-order valence-corrected chi connectivity index (χ2v) is 2.50. The van der Waals surface area contributed by atoms with Crippen LogP contribution >= 0.6 is 0 Å².